The van der Waals surface area contributed by atoms with Crippen molar-refractivity contribution in [1.29, 1.82) is 0 Å². The number of ether oxygens (including phenoxy) is 1. The van der Waals surface area contributed by atoms with Crippen molar-refractivity contribution in [2.24, 2.45) is 0 Å². The van der Waals surface area contributed by atoms with Crippen LogP contribution in [0.25, 0.3) is 0 Å². The van der Waals surface area contributed by atoms with Crippen LogP contribution in [0.1, 0.15) is 23.2 Å². The van der Waals surface area contributed by atoms with Gasteiger partial charge in [-0.2, -0.15) is 0 Å². The van der Waals surface area contributed by atoms with Gasteiger partial charge in [0.2, 0.25) is 0 Å². The van der Waals surface area contributed by atoms with Gasteiger partial charge >= 0.3 is 5.97 Å². The highest BCUT2D eigenvalue weighted by atomic mass is 35.5. The smallest absolute Gasteiger partial charge is 0.337 e. The molecule has 2 rings (SSSR count). The summed E-state index contributed by atoms with van der Waals surface area (Å²) in [5.74, 6) is -0.824. The predicted molar refractivity (Wildman–Crippen MR) is 84.1 cm³/mol. The molecule has 0 radical (unpaired) electrons. The number of piperidine rings is 1. The van der Waals surface area contributed by atoms with Gasteiger partial charge in [-0.25, -0.2) is 13.2 Å². The number of methoxy groups -OCH3 is 1. The average molecular weight is 350 g/mol. The average Bonchev–Trinajstić information content (AvgIpc) is 2.46. The Balaban J connectivity index is 0.00000242. The fraction of sp³-hybridized carbons (Fsp3) is 0.500. The zero-order valence-corrected chi connectivity index (χ0v) is 13.9. The van der Waals surface area contributed by atoms with Gasteiger partial charge in [0.05, 0.1) is 28.9 Å². The highest BCUT2D eigenvalue weighted by Crippen LogP contribution is 2.24. The number of esters is 1. The molecule has 6 nitrogen and oxygen atoms in total. The van der Waals surface area contributed by atoms with Crippen molar-refractivity contribution in [2.75, 3.05) is 26.0 Å². The summed E-state index contributed by atoms with van der Waals surface area (Å²) in [6.07, 6.45) is 0.818. The topological polar surface area (TPSA) is 92.7 Å². The monoisotopic (exact) mass is 349 g/mol. The lowest BCUT2D eigenvalue weighted by molar-refractivity contribution is 0.0323. The van der Waals surface area contributed by atoms with Crippen molar-refractivity contribution in [3.8, 4) is 0 Å². The first-order valence-electron chi connectivity index (χ1n) is 6.71. The number of hydrogen-bond acceptors (Lipinski definition) is 6. The van der Waals surface area contributed by atoms with Crippen molar-refractivity contribution in [3.63, 3.8) is 0 Å². The third kappa shape index (κ3) is 4.42. The molecule has 2 N–H and O–H groups in total. The molecule has 1 aromatic carbocycles. The van der Waals surface area contributed by atoms with Gasteiger partial charge < -0.3 is 15.2 Å². The molecule has 1 aromatic rings. The van der Waals surface area contributed by atoms with Crippen LogP contribution in [-0.2, 0) is 14.6 Å². The van der Waals surface area contributed by atoms with Crippen LogP contribution in [0.2, 0.25) is 0 Å². The lowest BCUT2D eigenvalue weighted by atomic mass is 9.95. The van der Waals surface area contributed by atoms with Crippen LogP contribution in [-0.4, -0.2) is 51.0 Å². The van der Waals surface area contributed by atoms with Crippen LogP contribution in [0.3, 0.4) is 0 Å². The van der Waals surface area contributed by atoms with Crippen molar-refractivity contribution in [1.82, 2.24) is 5.32 Å². The fourth-order valence-electron chi connectivity index (χ4n) is 2.39. The quantitative estimate of drug-likeness (QED) is 0.780. The van der Waals surface area contributed by atoms with E-state index in [4.69, 9.17) is 0 Å². The van der Waals surface area contributed by atoms with Gasteiger partial charge in [0.25, 0.3) is 0 Å². The molecule has 22 heavy (non-hydrogen) atoms. The summed E-state index contributed by atoms with van der Waals surface area (Å²) in [5, 5.41) is 13.4. The molecule has 1 aliphatic heterocycles. The van der Waals surface area contributed by atoms with Crippen LogP contribution in [0, 0.1) is 0 Å². The molecule has 8 heteroatoms. The van der Waals surface area contributed by atoms with E-state index >= 15 is 0 Å². The molecule has 0 amide bonds. The van der Waals surface area contributed by atoms with E-state index in [1.54, 1.807) is 0 Å². The minimum atomic E-state index is -3.60. The number of rotatable bonds is 4. The zero-order valence-electron chi connectivity index (χ0n) is 12.2. The summed E-state index contributed by atoms with van der Waals surface area (Å²) in [6, 6.07) is 5.55. The minimum Gasteiger partial charge on any atom is -0.465 e. The number of carbonyl (C=O) groups is 1. The SMILES string of the molecule is COC(=O)c1ccc(S(=O)(=O)CC2(O)CCNCC2)cc1.Cl. The van der Waals surface area contributed by atoms with Gasteiger partial charge in [0.1, 0.15) is 0 Å². The second-order valence-electron chi connectivity index (χ2n) is 5.25. The molecule has 1 heterocycles. The third-order valence-electron chi connectivity index (χ3n) is 3.63. The van der Waals surface area contributed by atoms with Gasteiger partial charge in [-0.3, -0.25) is 0 Å². The standard InChI is InChI=1S/C14H19NO5S.ClH/c1-20-13(16)11-2-4-12(5-3-11)21(18,19)10-14(17)6-8-15-9-7-14;/h2-5,15,17H,6-10H2,1H3;1H. The Kier molecular flexibility index (Phi) is 6.37. The van der Waals surface area contributed by atoms with E-state index in [2.05, 4.69) is 10.1 Å². The number of hydrogen-bond donors (Lipinski definition) is 2. The van der Waals surface area contributed by atoms with Crippen LogP contribution >= 0.6 is 12.4 Å². The lowest BCUT2D eigenvalue weighted by Crippen LogP contribution is -2.46. The second-order valence-corrected chi connectivity index (χ2v) is 7.24. The molecular formula is C14H20ClNO5S. The normalized spacial score (nSPS) is 17.4. The second kappa shape index (κ2) is 7.41. The maximum atomic E-state index is 12.4. The summed E-state index contributed by atoms with van der Waals surface area (Å²) in [5.41, 5.74) is -0.900. The Hall–Kier alpha value is -1.15. The minimum absolute atomic E-state index is 0. The number of benzene rings is 1. The van der Waals surface area contributed by atoms with Gasteiger partial charge in [-0.05, 0) is 50.2 Å². The molecule has 1 saturated heterocycles. The summed E-state index contributed by atoms with van der Waals surface area (Å²) in [4.78, 5) is 11.4. The van der Waals surface area contributed by atoms with Crippen molar-refractivity contribution < 1.29 is 23.1 Å². The van der Waals surface area contributed by atoms with Gasteiger partial charge in [0.15, 0.2) is 9.84 Å². The molecule has 0 saturated carbocycles. The fourth-order valence-corrected chi connectivity index (χ4v) is 4.10. The highest BCUT2D eigenvalue weighted by Gasteiger charge is 2.35. The molecule has 0 bridgehead atoms. The van der Waals surface area contributed by atoms with E-state index < -0.39 is 21.4 Å². The highest BCUT2D eigenvalue weighted by molar-refractivity contribution is 7.91. The van der Waals surface area contributed by atoms with E-state index in [1.807, 2.05) is 0 Å². The first kappa shape index (κ1) is 18.9. The largest absolute Gasteiger partial charge is 0.465 e. The molecule has 1 fully saturated rings. The molecule has 124 valence electrons. The Morgan fingerprint density at radius 3 is 2.32 bits per heavy atom. The zero-order chi connectivity index (χ0) is 15.5. The van der Waals surface area contributed by atoms with Gasteiger partial charge in [-0.1, -0.05) is 0 Å². The summed E-state index contributed by atoms with van der Waals surface area (Å²) < 4.78 is 29.3. The lowest BCUT2D eigenvalue weighted by Gasteiger charge is -2.32. The molecule has 0 spiro atoms. The number of aliphatic hydroxyl groups is 1. The molecular weight excluding hydrogens is 330 g/mol. The number of sulfone groups is 1. The Bertz CT molecular complexity index is 609. The number of carbonyl (C=O) groups excluding carboxylic acids is 1. The Morgan fingerprint density at radius 2 is 1.82 bits per heavy atom. The van der Waals surface area contributed by atoms with E-state index in [0.717, 1.165) is 0 Å². The molecule has 1 aliphatic rings. The Labute approximate surface area is 136 Å². The van der Waals surface area contributed by atoms with Gasteiger partial charge in [0, 0.05) is 0 Å². The van der Waals surface area contributed by atoms with Crippen LogP contribution in [0.5, 0.6) is 0 Å². The molecule has 0 atom stereocenters. The maximum absolute atomic E-state index is 12.4. The molecule has 0 unspecified atom stereocenters. The van der Waals surface area contributed by atoms with Gasteiger partial charge in [-0.15, -0.1) is 12.4 Å². The summed E-state index contributed by atoms with van der Waals surface area (Å²) >= 11 is 0. The van der Waals surface area contributed by atoms with E-state index in [9.17, 15) is 18.3 Å². The maximum Gasteiger partial charge on any atom is 0.337 e. The predicted octanol–water partition coefficient (Wildman–Crippen LogP) is 0.783. The van der Waals surface area contributed by atoms with Crippen molar-refractivity contribution >= 4 is 28.2 Å². The Morgan fingerprint density at radius 1 is 1.27 bits per heavy atom. The van der Waals surface area contributed by atoms with Crippen molar-refractivity contribution in [3.05, 3.63) is 29.8 Å². The van der Waals surface area contributed by atoms with E-state index in [0.29, 0.717) is 25.9 Å². The van der Waals surface area contributed by atoms with Crippen LogP contribution in [0.4, 0.5) is 0 Å². The summed E-state index contributed by atoms with van der Waals surface area (Å²) in [7, 11) is -2.33. The van der Waals surface area contributed by atoms with E-state index in [1.165, 1.54) is 31.4 Å². The first-order valence-corrected chi connectivity index (χ1v) is 8.36. The first-order chi connectivity index (χ1) is 9.86. The number of halogens is 1. The third-order valence-corrected chi connectivity index (χ3v) is 5.54. The summed E-state index contributed by atoms with van der Waals surface area (Å²) in [6.45, 7) is 1.21. The van der Waals surface area contributed by atoms with Crippen LogP contribution in [0.15, 0.2) is 29.2 Å². The van der Waals surface area contributed by atoms with E-state index in [-0.39, 0.29) is 28.6 Å². The molecule has 0 aliphatic carbocycles. The van der Waals surface area contributed by atoms with Crippen molar-refractivity contribution in [2.45, 2.75) is 23.3 Å². The van der Waals surface area contributed by atoms with Crippen LogP contribution < -0.4 is 5.32 Å². The molecule has 0 aromatic heterocycles. The number of nitrogens with one attached hydrogen (secondary N) is 1.